The van der Waals surface area contributed by atoms with Gasteiger partial charge in [0.1, 0.15) is 0 Å². The topological polar surface area (TPSA) is 58.9 Å². The Morgan fingerprint density at radius 2 is 1.14 bits per heavy atom. The molecule has 22 heavy (non-hydrogen) atoms. The van der Waals surface area contributed by atoms with Crippen molar-refractivity contribution in [2.24, 2.45) is 10.2 Å². The summed E-state index contributed by atoms with van der Waals surface area (Å²) >= 11 is 11.0. The second kappa shape index (κ2) is 6.81. The molecule has 2 aromatic carbocycles. The van der Waals surface area contributed by atoms with Gasteiger partial charge in [-0.1, -0.05) is 12.1 Å². The number of hydrogen-bond acceptors (Lipinski definition) is 4. The zero-order valence-electron chi connectivity index (χ0n) is 11.9. The molecule has 0 amide bonds. The third-order valence-electron chi connectivity index (χ3n) is 3.15. The van der Waals surface area contributed by atoms with E-state index in [0.29, 0.717) is 22.5 Å². The van der Waals surface area contributed by atoms with Crippen LogP contribution in [0.5, 0.6) is 0 Å². The second-order valence-electron chi connectivity index (χ2n) is 4.75. The van der Waals surface area contributed by atoms with E-state index in [-0.39, 0.29) is 0 Å². The van der Waals surface area contributed by atoms with Gasteiger partial charge >= 0.3 is 0 Å². The Labute approximate surface area is 137 Å². The first-order valence-corrected chi connectivity index (χ1v) is 7.17. The van der Waals surface area contributed by atoms with E-state index in [1.54, 1.807) is 50.2 Å². The van der Waals surface area contributed by atoms with Crippen molar-refractivity contribution < 1.29 is 9.59 Å². The number of hydrogen-bond donors (Lipinski definition) is 0. The van der Waals surface area contributed by atoms with Crippen molar-refractivity contribution in [2.75, 3.05) is 0 Å². The summed E-state index contributed by atoms with van der Waals surface area (Å²) < 4.78 is 0. The molecular formula is C16H12Cl2N2O2. The SMILES string of the molecule is Cc1ccc(N=Nc2ccc(C)c(C(=O)Cl)c2)cc1C(=O)Cl. The van der Waals surface area contributed by atoms with Crippen LogP contribution in [0.4, 0.5) is 11.4 Å². The van der Waals surface area contributed by atoms with Gasteiger partial charge in [0.2, 0.25) is 0 Å². The van der Waals surface area contributed by atoms with Crippen molar-refractivity contribution >= 4 is 45.1 Å². The molecule has 0 aliphatic rings. The smallest absolute Gasteiger partial charge is 0.252 e. The molecule has 0 saturated carbocycles. The Morgan fingerprint density at radius 1 is 0.773 bits per heavy atom. The Bertz CT molecular complexity index is 720. The predicted molar refractivity (Wildman–Crippen MR) is 86.9 cm³/mol. The van der Waals surface area contributed by atoms with Crippen molar-refractivity contribution in [3.8, 4) is 0 Å². The van der Waals surface area contributed by atoms with Crippen molar-refractivity contribution in [1.82, 2.24) is 0 Å². The molecule has 0 aliphatic carbocycles. The zero-order chi connectivity index (χ0) is 16.3. The van der Waals surface area contributed by atoms with Crippen LogP contribution >= 0.6 is 23.2 Å². The maximum Gasteiger partial charge on any atom is 0.252 e. The summed E-state index contributed by atoms with van der Waals surface area (Å²) in [7, 11) is 0. The standard InChI is InChI=1S/C16H12Cl2N2O2/c1-9-3-5-11(7-13(9)15(17)21)19-20-12-6-4-10(2)14(8-12)16(18)22/h3-8H,1-2H3. The summed E-state index contributed by atoms with van der Waals surface area (Å²) in [5, 5.41) is 7.02. The minimum Gasteiger partial charge on any atom is -0.276 e. The molecule has 2 aromatic rings. The molecule has 0 saturated heterocycles. The van der Waals surface area contributed by atoms with Gasteiger partial charge in [-0.15, -0.1) is 0 Å². The van der Waals surface area contributed by atoms with E-state index in [4.69, 9.17) is 23.2 Å². The fourth-order valence-corrected chi connectivity index (χ4v) is 2.29. The van der Waals surface area contributed by atoms with Crippen LogP contribution < -0.4 is 0 Å². The highest BCUT2D eigenvalue weighted by atomic mass is 35.5. The van der Waals surface area contributed by atoms with Gasteiger partial charge in [-0.2, -0.15) is 10.2 Å². The summed E-state index contributed by atoms with van der Waals surface area (Å²) in [4.78, 5) is 22.6. The third kappa shape index (κ3) is 3.78. The molecular weight excluding hydrogens is 323 g/mol. The number of halogens is 2. The number of carbonyl (C=O) groups excluding carboxylic acids is 2. The fourth-order valence-electron chi connectivity index (χ4n) is 1.88. The quantitative estimate of drug-likeness (QED) is 0.549. The van der Waals surface area contributed by atoms with Gasteiger partial charge < -0.3 is 0 Å². The molecule has 0 atom stereocenters. The van der Waals surface area contributed by atoms with Crippen LogP contribution in [0, 0.1) is 13.8 Å². The lowest BCUT2D eigenvalue weighted by Gasteiger charge is -2.02. The van der Waals surface area contributed by atoms with Gasteiger partial charge in [0.25, 0.3) is 10.5 Å². The number of aryl methyl sites for hydroxylation is 2. The summed E-state index contributed by atoms with van der Waals surface area (Å²) in [6.07, 6.45) is 0. The molecule has 0 unspecified atom stereocenters. The molecule has 0 N–H and O–H groups in total. The van der Waals surface area contributed by atoms with Crippen LogP contribution in [0.15, 0.2) is 46.6 Å². The highest BCUT2D eigenvalue weighted by Gasteiger charge is 2.08. The van der Waals surface area contributed by atoms with Crippen molar-refractivity contribution in [3.05, 3.63) is 58.7 Å². The van der Waals surface area contributed by atoms with E-state index in [0.717, 1.165) is 11.1 Å². The van der Waals surface area contributed by atoms with Crippen LogP contribution in [0.2, 0.25) is 0 Å². The summed E-state index contributed by atoms with van der Waals surface area (Å²) in [6, 6.07) is 10.1. The molecule has 0 aromatic heterocycles. The van der Waals surface area contributed by atoms with E-state index in [1.165, 1.54) is 0 Å². The summed E-state index contributed by atoms with van der Waals surface area (Å²) in [5.41, 5.74) is 3.30. The predicted octanol–water partition coefficient (Wildman–Crippen LogP) is 5.48. The highest BCUT2D eigenvalue weighted by Crippen LogP contribution is 2.24. The molecule has 0 bridgehead atoms. The summed E-state index contributed by atoms with van der Waals surface area (Å²) in [6.45, 7) is 3.57. The van der Waals surface area contributed by atoms with Crippen LogP contribution in [0.3, 0.4) is 0 Å². The largest absolute Gasteiger partial charge is 0.276 e. The molecule has 112 valence electrons. The molecule has 0 aliphatic heterocycles. The van der Waals surface area contributed by atoms with E-state index in [9.17, 15) is 9.59 Å². The second-order valence-corrected chi connectivity index (χ2v) is 5.43. The number of rotatable bonds is 4. The van der Waals surface area contributed by atoms with Crippen molar-refractivity contribution in [2.45, 2.75) is 13.8 Å². The minimum atomic E-state index is -0.542. The monoisotopic (exact) mass is 334 g/mol. The molecule has 4 nitrogen and oxygen atoms in total. The van der Waals surface area contributed by atoms with Crippen LogP contribution in [-0.2, 0) is 0 Å². The lowest BCUT2D eigenvalue weighted by molar-refractivity contribution is 0.107. The van der Waals surface area contributed by atoms with Crippen molar-refractivity contribution in [3.63, 3.8) is 0 Å². The fraction of sp³-hybridized carbons (Fsp3) is 0.125. The lowest BCUT2D eigenvalue weighted by Crippen LogP contribution is -1.92. The average molecular weight is 335 g/mol. The zero-order valence-corrected chi connectivity index (χ0v) is 13.4. The Kier molecular flexibility index (Phi) is 5.06. The molecule has 0 spiro atoms. The van der Waals surface area contributed by atoms with Gasteiger partial charge in [-0.25, -0.2) is 0 Å². The van der Waals surface area contributed by atoms with Gasteiger partial charge in [0.15, 0.2) is 0 Å². The Morgan fingerprint density at radius 3 is 1.45 bits per heavy atom. The van der Waals surface area contributed by atoms with Gasteiger partial charge in [-0.3, -0.25) is 9.59 Å². The molecule has 6 heteroatoms. The number of benzene rings is 2. The first-order valence-electron chi connectivity index (χ1n) is 6.41. The molecule has 0 radical (unpaired) electrons. The number of nitrogens with zero attached hydrogens (tertiary/aromatic N) is 2. The van der Waals surface area contributed by atoms with Crippen LogP contribution in [0.1, 0.15) is 31.8 Å². The molecule has 0 fully saturated rings. The Balaban J connectivity index is 2.33. The normalized spacial score (nSPS) is 10.9. The first kappa shape index (κ1) is 16.3. The maximum atomic E-state index is 11.3. The maximum absolute atomic E-state index is 11.3. The third-order valence-corrected chi connectivity index (χ3v) is 3.55. The van der Waals surface area contributed by atoms with Crippen LogP contribution in [-0.4, -0.2) is 10.5 Å². The average Bonchev–Trinajstić information content (AvgIpc) is 2.47. The molecule has 2 rings (SSSR count). The van der Waals surface area contributed by atoms with Gasteiger partial charge in [0, 0.05) is 11.1 Å². The number of carbonyl (C=O) groups is 2. The van der Waals surface area contributed by atoms with E-state index < -0.39 is 10.5 Å². The van der Waals surface area contributed by atoms with Gasteiger partial charge in [-0.05, 0) is 72.4 Å². The van der Waals surface area contributed by atoms with Crippen LogP contribution in [0.25, 0.3) is 0 Å². The Hall–Kier alpha value is -2.04. The number of azo groups is 1. The highest BCUT2D eigenvalue weighted by molar-refractivity contribution is 6.68. The first-order chi connectivity index (χ1) is 10.4. The van der Waals surface area contributed by atoms with E-state index in [1.807, 2.05) is 0 Å². The summed E-state index contributed by atoms with van der Waals surface area (Å²) in [5.74, 6) is 0. The minimum absolute atomic E-state index is 0.388. The van der Waals surface area contributed by atoms with Gasteiger partial charge in [0.05, 0.1) is 11.4 Å². The van der Waals surface area contributed by atoms with E-state index >= 15 is 0 Å². The van der Waals surface area contributed by atoms with E-state index in [2.05, 4.69) is 10.2 Å². The lowest BCUT2D eigenvalue weighted by atomic mass is 10.1. The molecule has 0 heterocycles. The van der Waals surface area contributed by atoms with Crippen molar-refractivity contribution in [1.29, 1.82) is 0 Å².